The lowest BCUT2D eigenvalue weighted by Crippen LogP contribution is -3.15. The number of hydrogen-bond donors (Lipinski definition) is 2. The van der Waals surface area contributed by atoms with Crippen molar-refractivity contribution < 1.29 is 18.1 Å². The number of aryl methyl sites for hydroxylation is 3. The number of amides is 1. The zero-order chi connectivity index (χ0) is 22.8. The van der Waals surface area contributed by atoms with Crippen molar-refractivity contribution in [1.29, 1.82) is 0 Å². The first-order valence-corrected chi connectivity index (χ1v) is 12.3. The maximum Gasteiger partial charge on any atom is 0.279 e. The molecule has 0 saturated carbocycles. The van der Waals surface area contributed by atoms with E-state index in [0.29, 0.717) is 43.5 Å². The third kappa shape index (κ3) is 5.34. The van der Waals surface area contributed by atoms with Crippen molar-refractivity contribution in [1.82, 2.24) is 4.31 Å². The molecule has 0 unspecified atom stereocenters. The molecule has 3 rings (SSSR count). The van der Waals surface area contributed by atoms with E-state index in [1.165, 1.54) is 0 Å². The highest BCUT2D eigenvalue weighted by molar-refractivity contribution is 7.89. The molecule has 1 aliphatic rings. The number of para-hydroxylation sites is 1. The van der Waals surface area contributed by atoms with Crippen molar-refractivity contribution in [2.24, 2.45) is 0 Å². The molecule has 0 aromatic heterocycles. The van der Waals surface area contributed by atoms with Gasteiger partial charge in [0.2, 0.25) is 10.0 Å². The summed E-state index contributed by atoms with van der Waals surface area (Å²) in [6.45, 7) is 12.4. The number of quaternary nitrogens is 1. The van der Waals surface area contributed by atoms with Gasteiger partial charge in [0.05, 0.1) is 31.1 Å². The van der Waals surface area contributed by atoms with Crippen LogP contribution in [0.15, 0.2) is 41.3 Å². The van der Waals surface area contributed by atoms with Crippen LogP contribution < -0.4 is 10.2 Å². The molecule has 0 atom stereocenters. The zero-order valence-electron chi connectivity index (χ0n) is 19.2. The SMILES string of the molecule is Cc1ccc(C)c(S(=O)(=O)N2CC[NH+](CC(=O)Nc3c(C)cccc3C(C)C)CC2)c1. The van der Waals surface area contributed by atoms with Gasteiger partial charge >= 0.3 is 0 Å². The molecular weight excluding hydrogens is 410 g/mol. The van der Waals surface area contributed by atoms with E-state index < -0.39 is 10.0 Å². The first kappa shape index (κ1) is 23.4. The molecular formula is C24H34N3O3S+. The van der Waals surface area contributed by atoms with Gasteiger partial charge in [-0.3, -0.25) is 4.79 Å². The van der Waals surface area contributed by atoms with Crippen LogP contribution in [-0.4, -0.2) is 51.4 Å². The number of carbonyl (C=O) groups excluding carboxylic acids is 1. The third-order valence-corrected chi connectivity index (χ3v) is 8.03. The monoisotopic (exact) mass is 444 g/mol. The average molecular weight is 445 g/mol. The molecule has 1 aliphatic heterocycles. The van der Waals surface area contributed by atoms with E-state index >= 15 is 0 Å². The topological polar surface area (TPSA) is 70.9 Å². The smallest absolute Gasteiger partial charge is 0.279 e. The fraction of sp³-hybridized carbons (Fsp3) is 0.458. The second-order valence-electron chi connectivity index (χ2n) is 8.84. The molecule has 0 bridgehead atoms. The molecule has 1 saturated heterocycles. The highest BCUT2D eigenvalue weighted by Gasteiger charge is 2.32. The van der Waals surface area contributed by atoms with E-state index in [2.05, 4.69) is 25.2 Å². The summed E-state index contributed by atoms with van der Waals surface area (Å²) in [7, 11) is -3.52. The number of benzene rings is 2. The van der Waals surface area contributed by atoms with Gasteiger partial charge in [-0.25, -0.2) is 8.42 Å². The van der Waals surface area contributed by atoms with Crippen LogP contribution in [0.3, 0.4) is 0 Å². The predicted molar refractivity (Wildman–Crippen MR) is 124 cm³/mol. The van der Waals surface area contributed by atoms with E-state index in [-0.39, 0.29) is 5.91 Å². The molecule has 2 aromatic rings. The Kier molecular flexibility index (Phi) is 7.19. The molecule has 6 nitrogen and oxygen atoms in total. The maximum atomic E-state index is 13.1. The van der Waals surface area contributed by atoms with Crippen LogP contribution in [0.2, 0.25) is 0 Å². The second kappa shape index (κ2) is 9.51. The predicted octanol–water partition coefficient (Wildman–Crippen LogP) is 2.26. The van der Waals surface area contributed by atoms with E-state index in [4.69, 9.17) is 0 Å². The van der Waals surface area contributed by atoms with Gasteiger partial charge < -0.3 is 10.2 Å². The zero-order valence-corrected chi connectivity index (χ0v) is 20.0. The van der Waals surface area contributed by atoms with E-state index in [1.54, 1.807) is 10.4 Å². The van der Waals surface area contributed by atoms with Gasteiger partial charge in [0, 0.05) is 5.69 Å². The minimum absolute atomic E-state index is 0.0305. The Morgan fingerprint density at radius 2 is 1.74 bits per heavy atom. The van der Waals surface area contributed by atoms with Crippen LogP contribution in [0, 0.1) is 20.8 Å². The fourth-order valence-electron chi connectivity index (χ4n) is 4.10. The Labute approximate surface area is 186 Å². The van der Waals surface area contributed by atoms with Crippen LogP contribution in [-0.2, 0) is 14.8 Å². The van der Waals surface area contributed by atoms with Crippen molar-refractivity contribution >= 4 is 21.6 Å². The molecule has 1 heterocycles. The molecule has 168 valence electrons. The van der Waals surface area contributed by atoms with Crippen molar-refractivity contribution in [3.05, 3.63) is 58.7 Å². The van der Waals surface area contributed by atoms with E-state index in [1.807, 2.05) is 45.0 Å². The number of hydrogen-bond acceptors (Lipinski definition) is 3. The number of nitrogens with one attached hydrogen (secondary N) is 2. The van der Waals surface area contributed by atoms with Gasteiger partial charge in [-0.15, -0.1) is 0 Å². The number of carbonyl (C=O) groups is 1. The van der Waals surface area contributed by atoms with Crippen molar-refractivity contribution in [3.8, 4) is 0 Å². The standard InChI is InChI=1S/C24H33N3O3S/c1-17(2)21-8-6-7-20(5)24(21)25-23(28)16-26-11-13-27(14-12-26)31(29,30)22-15-18(3)9-10-19(22)4/h6-10,15,17H,11-14,16H2,1-5H3,(H,25,28)/p+1. The molecule has 2 aromatic carbocycles. The van der Waals surface area contributed by atoms with Gasteiger partial charge in [0.1, 0.15) is 0 Å². The van der Waals surface area contributed by atoms with Gasteiger partial charge in [-0.2, -0.15) is 4.31 Å². The number of piperazine rings is 1. The summed E-state index contributed by atoms with van der Waals surface area (Å²) in [5.74, 6) is 0.290. The van der Waals surface area contributed by atoms with Crippen LogP contribution in [0.5, 0.6) is 0 Å². The van der Waals surface area contributed by atoms with E-state index in [0.717, 1.165) is 32.8 Å². The van der Waals surface area contributed by atoms with Crippen molar-refractivity contribution in [2.45, 2.75) is 45.4 Å². The number of anilines is 1. The Bertz CT molecular complexity index is 1060. The summed E-state index contributed by atoms with van der Waals surface area (Å²) in [6, 6.07) is 11.6. The van der Waals surface area contributed by atoms with Crippen LogP contribution >= 0.6 is 0 Å². The van der Waals surface area contributed by atoms with Crippen molar-refractivity contribution in [3.63, 3.8) is 0 Å². The molecule has 0 aliphatic carbocycles. The second-order valence-corrected chi connectivity index (χ2v) is 10.7. The lowest BCUT2D eigenvalue weighted by atomic mass is 9.98. The van der Waals surface area contributed by atoms with Crippen LogP contribution in [0.25, 0.3) is 0 Å². The van der Waals surface area contributed by atoms with Gasteiger partial charge in [-0.05, 0) is 55.0 Å². The highest BCUT2D eigenvalue weighted by atomic mass is 32.2. The number of nitrogens with zero attached hydrogens (tertiary/aromatic N) is 1. The summed E-state index contributed by atoms with van der Waals surface area (Å²) in [5, 5.41) is 3.10. The van der Waals surface area contributed by atoms with Crippen LogP contribution in [0.1, 0.15) is 42.0 Å². The summed E-state index contributed by atoms with van der Waals surface area (Å²) >= 11 is 0. The minimum atomic E-state index is -3.52. The lowest BCUT2D eigenvalue weighted by molar-refractivity contribution is -0.895. The largest absolute Gasteiger partial charge is 0.325 e. The lowest BCUT2D eigenvalue weighted by Gasteiger charge is -2.31. The third-order valence-electron chi connectivity index (χ3n) is 5.99. The Hall–Kier alpha value is -2.22. The summed E-state index contributed by atoms with van der Waals surface area (Å²) in [5.41, 5.74) is 4.78. The average Bonchev–Trinajstić information content (AvgIpc) is 2.71. The molecule has 1 fully saturated rings. The molecule has 0 radical (unpaired) electrons. The van der Waals surface area contributed by atoms with Crippen molar-refractivity contribution in [2.75, 3.05) is 38.0 Å². The Morgan fingerprint density at radius 3 is 2.39 bits per heavy atom. The molecule has 1 amide bonds. The van der Waals surface area contributed by atoms with Gasteiger partial charge in [0.15, 0.2) is 6.54 Å². The Balaban J connectivity index is 1.62. The first-order chi connectivity index (χ1) is 14.6. The summed E-state index contributed by atoms with van der Waals surface area (Å²) < 4.78 is 27.8. The van der Waals surface area contributed by atoms with E-state index in [9.17, 15) is 13.2 Å². The quantitative estimate of drug-likeness (QED) is 0.718. The minimum Gasteiger partial charge on any atom is -0.325 e. The highest BCUT2D eigenvalue weighted by Crippen LogP contribution is 2.27. The fourth-order valence-corrected chi connectivity index (χ4v) is 5.85. The Morgan fingerprint density at radius 1 is 1.06 bits per heavy atom. The molecule has 2 N–H and O–H groups in total. The normalized spacial score (nSPS) is 15.9. The van der Waals surface area contributed by atoms with Gasteiger partial charge in [0.25, 0.3) is 5.91 Å². The molecule has 7 heteroatoms. The molecule has 0 spiro atoms. The number of sulfonamides is 1. The van der Waals surface area contributed by atoms with Gasteiger partial charge in [-0.1, -0.05) is 44.2 Å². The summed E-state index contributed by atoms with van der Waals surface area (Å²) in [6.07, 6.45) is 0. The number of rotatable bonds is 6. The maximum absolute atomic E-state index is 13.1. The summed E-state index contributed by atoms with van der Waals surface area (Å²) in [4.78, 5) is 14.2. The molecule has 31 heavy (non-hydrogen) atoms. The first-order valence-electron chi connectivity index (χ1n) is 10.9. The van der Waals surface area contributed by atoms with Crippen LogP contribution in [0.4, 0.5) is 5.69 Å².